The third kappa shape index (κ3) is 6.39. The highest BCUT2D eigenvalue weighted by atomic mass is 32.1. The number of hydrogen-bond donors (Lipinski definition) is 4. The minimum Gasteiger partial charge on any atom is -0.304 e. The standard InChI is InChI=1S/C20H17F5N5O7PS2/c1-28-16(32)13(17(39)29(2)19(28)33)10(26)5-12(31)27-18-30(7-37-38(34,35)36)11(6-40-18)8-3-4-9(20(23,24)25)15(22)14(8)21/h3-4,6,26,39H,5,7H2,1-2H3,(H2,34,35,36). The highest BCUT2D eigenvalue weighted by molar-refractivity contribution is 7.80. The quantitative estimate of drug-likeness (QED) is 0.102. The number of hydrogen-bond acceptors (Lipinski definition) is 8. The summed E-state index contributed by atoms with van der Waals surface area (Å²) in [5, 5.41) is 8.98. The van der Waals surface area contributed by atoms with E-state index in [9.17, 15) is 40.9 Å². The molecule has 0 unspecified atom stereocenters. The molecule has 1 aromatic carbocycles. The summed E-state index contributed by atoms with van der Waals surface area (Å²) in [5.41, 5.74) is -5.76. The molecule has 12 nitrogen and oxygen atoms in total. The number of phosphoric acid groups is 1. The zero-order chi connectivity index (χ0) is 30.3. The molecule has 0 aliphatic heterocycles. The van der Waals surface area contributed by atoms with Gasteiger partial charge in [-0.1, -0.05) is 0 Å². The first kappa shape index (κ1) is 31.3. The third-order valence-electron chi connectivity index (χ3n) is 5.30. The van der Waals surface area contributed by atoms with Crippen LogP contribution >= 0.6 is 31.8 Å². The maximum Gasteiger partial charge on any atom is 0.471 e. The number of halogens is 5. The Kier molecular flexibility index (Phi) is 8.88. The van der Waals surface area contributed by atoms with E-state index in [0.29, 0.717) is 26.5 Å². The van der Waals surface area contributed by atoms with Crippen LogP contribution in [0.5, 0.6) is 0 Å². The van der Waals surface area contributed by atoms with Gasteiger partial charge >= 0.3 is 19.7 Å². The van der Waals surface area contributed by atoms with Gasteiger partial charge in [-0.3, -0.25) is 27.8 Å². The number of carbonyl (C=O) groups is 1. The van der Waals surface area contributed by atoms with Crippen molar-refractivity contribution in [2.75, 3.05) is 0 Å². The number of nitrogens with zero attached hydrogens (tertiary/aromatic N) is 4. The van der Waals surface area contributed by atoms with Crippen LogP contribution in [0.15, 0.2) is 37.1 Å². The van der Waals surface area contributed by atoms with Crippen molar-refractivity contribution in [2.24, 2.45) is 19.1 Å². The van der Waals surface area contributed by atoms with Gasteiger partial charge in [0.2, 0.25) is 0 Å². The van der Waals surface area contributed by atoms with Gasteiger partial charge in [-0.05, 0) is 12.1 Å². The Hall–Kier alpha value is -3.22. The molecule has 0 aliphatic rings. The summed E-state index contributed by atoms with van der Waals surface area (Å²) in [7, 11) is -2.77. The molecule has 40 heavy (non-hydrogen) atoms. The normalized spacial score (nSPS) is 12.7. The van der Waals surface area contributed by atoms with Crippen LogP contribution < -0.4 is 16.1 Å². The Balaban J connectivity index is 2.09. The van der Waals surface area contributed by atoms with Gasteiger partial charge in [0, 0.05) is 25.0 Å². The average molecular weight is 629 g/mol. The van der Waals surface area contributed by atoms with E-state index in [1.807, 2.05) is 0 Å². The van der Waals surface area contributed by atoms with Gasteiger partial charge in [0.1, 0.15) is 6.73 Å². The molecule has 0 bridgehead atoms. The Morgan fingerprint density at radius 2 is 1.80 bits per heavy atom. The SMILES string of the molecule is Cn1c(S)c(C(=N)CC(=O)N=c2scc(-c3ccc(C(F)(F)F)c(F)c3F)n2COP(=O)(O)O)c(=O)n(C)c1=O. The van der Waals surface area contributed by atoms with E-state index in [1.54, 1.807) is 0 Å². The summed E-state index contributed by atoms with van der Waals surface area (Å²) < 4.78 is 85.7. The smallest absolute Gasteiger partial charge is 0.304 e. The molecule has 0 spiro atoms. The lowest BCUT2D eigenvalue weighted by Gasteiger charge is -2.13. The van der Waals surface area contributed by atoms with Gasteiger partial charge in [-0.15, -0.1) is 24.0 Å². The van der Waals surface area contributed by atoms with Crippen molar-refractivity contribution in [1.82, 2.24) is 13.7 Å². The second-order valence-corrected chi connectivity index (χ2v) is 10.4. The molecular formula is C20H17F5N5O7PS2. The number of amides is 1. The molecule has 0 aliphatic carbocycles. The fourth-order valence-corrected chi connectivity index (χ4v) is 4.83. The van der Waals surface area contributed by atoms with Crippen LogP contribution in [0.3, 0.4) is 0 Å². The number of phosphoric ester groups is 1. The number of nitrogens with one attached hydrogen (secondary N) is 1. The first-order valence-electron chi connectivity index (χ1n) is 10.4. The molecule has 3 rings (SSSR count). The van der Waals surface area contributed by atoms with Crippen molar-refractivity contribution in [1.29, 1.82) is 5.41 Å². The highest BCUT2D eigenvalue weighted by Gasteiger charge is 2.36. The van der Waals surface area contributed by atoms with Crippen LogP contribution in [0.2, 0.25) is 0 Å². The molecule has 1 amide bonds. The number of thiol groups is 1. The zero-order valence-electron chi connectivity index (χ0n) is 20.1. The molecule has 0 saturated carbocycles. The van der Waals surface area contributed by atoms with Gasteiger partial charge in [-0.25, -0.2) is 18.1 Å². The van der Waals surface area contributed by atoms with Gasteiger partial charge in [-0.2, -0.15) is 18.2 Å². The van der Waals surface area contributed by atoms with E-state index in [-0.39, 0.29) is 16.7 Å². The molecule has 3 N–H and O–H groups in total. The van der Waals surface area contributed by atoms with Gasteiger partial charge in [0.05, 0.1) is 34.0 Å². The van der Waals surface area contributed by atoms with Gasteiger partial charge < -0.3 is 15.2 Å². The monoisotopic (exact) mass is 629 g/mol. The van der Waals surface area contributed by atoms with Crippen LogP contribution in [0.25, 0.3) is 11.3 Å². The molecule has 0 radical (unpaired) electrons. The number of benzene rings is 1. The molecular weight excluding hydrogens is 612 g/mol. The molecule has 0 atom stereocenters. The molecule has 2 aromatic heterocycles. The van der Waals surface area contributed by atoms with E-state index in [1.165, 1.54) is 7.05 Å². The predicted molar refractivity (Wildman–Crippen MR) is 132 cm³/mol. The van der Waals surface area contributed by atoms with Crippen LogP contribution in [0.4, 0.5) is 22.0 Å². The first-order chi connectivity index (χ1) is 18.3. The van der Waals surface area contributed by atoms with Crippen molar-refractivity contribution in [3.8, 4) is 11.3 Å². The van der Waals surface area contributed by atoms with Crippen LogP contribution in [-0.4, -0.2) is 35.1 Å². The van der Waals surface area contributed by atoms with Crippen molar-refractivity contribution < 1.29 is 45.6 Å². The first-order valence-corrected chi connectivity index (χ1v) is 13.3. The fourth-order valence-electron chi connectivity index (χ4n) is 3.34. The molecule has 0 saturated heterocycles. The lowest BCUT2D eigenvalue weighted by Crippen LogP contribution is -2.41. The van der Waals surface area contributed by atoms with E-state index in [4.69, 9.17) is 15.2 Å². The van der Waals surface area contributed by atoms with Crippen molar-refractivity contribution in [2.45, 2.75) is 24.4 Å². The van der Waals surface area contributed by atoms with Crippen LogP contribution in [0.1, 0.15) is 17.5 Å². The molecule has 3 aromatic rings. The average Bonchev–Trinajstić information content (AvgIpc) is 3.22. The van der Waals surface area contributed by atoms with Crippen molar-refractivity contribution in [3.05, 3.63) is 65.9 Å². The van der Waals surface area contributed by atoms with Crippen LogP contribution in [-0.2, 0) is 40.9 Å². The Morgan fingerprint density at radius 1 is 1.18 bits per heavy atom. The number of thiazole rings is 1. The summed E-state index contributed by atoms with van der Waals surface area (Å²) in [4.78, 5) is 58.5. The van der Waals surface area contributed by atoms with Gasteiger partial charge in [0.15, 0.2) is 16.4 Å². The Bertz CT molecular complexity index is 1770. The maximum atomic E-state index is 14.7. The van der Waals surface area contributed by atoms with E-state index in [2.05, 4.69) is 22.1 Å². The topological polar surface area (TPSA) is 169 Å². The summed E-state index contributed by atoms with van der Waals surface area (Å²) in [6.45, 7) is -1.10. The highest BCUT2D eigenvalue weighted by Crippen LogP contribution is 2.38. The maximum absolute atomic E-state index is 14.7. The fraction of sp³-hybridized carbons (Fsp3) is 0.250. The number of aromatic nitrogens is 3. The summed E-state index contributed by atoms with van der Waals surface area (Å²) in [5.74, 6) is -5.28. The molecule has 20 heteroatoms. The lowest BCUT2D eigenvalue weighted by molar-refractivity contribution is -0.140. The molecule has 0 fully saturated rings. The van der Waals surface area contributed by atoms with E-state index >= 15 is 0 Å². The van der Waals surface area contributed by atoms with Crippen molar-refractivity contribution in [3.63, 3.8) is 0 Å². The van der Waals surface area contributed by atoms with Crippen LogP contribution in [0, 0.1) is 17.0 Å². The predicted octanol–water partition coefficient (Wildman–Crippen LogP) is 2.15. The van der Waals surface area contributed by atoms with E-state index in [0.717, 1.165) is 17.0 Å². The zero-order valence-corrected chi connectivity index (χ0v) is 22.7. The third-order valence-corrected chi connectivity index (χ3v) is 7.14. The number of rotatable bonds is 7. The number of alkyl halides is 3. The molecule has 2 heterocycles. The molecule has 216 valence electrons. The second kappa shape index (κ2) is 11.3. The Morgan fingerprint density at radius 3 is 2.38 bits per heavy atom. The summed E-state index contributed by atoms with van der Waals surface area (Å²) in [6.07, 6.45) is -6.05. The largest absolute Gasteiger partial charge is 0.471 e. The van der Waals surface area contributed by atoms with E-state index < -0.39 is 83.3 Å². The summed E-state index contributed by atoms with van der Waals surface area (Å²) in [6, 6.07) is 0.827. The Labute approximate surface area is 228 Å². The lowest BCUT2D eigenvalue weighted by atomic mass is 10.1. The van der Waals surface area contributed by atoms with Crippen molar-refractivity contribution >= 4 is 43.4 Å². The summed E-state index contributed by atoms with van der Waals surface area (Å²) >= 11 is 4.60. The number of carbonyl (C=O) groups excluding carboxylic acids is 1. The minimum absolute atomic E-state index is 0.214. The van der Waals surface area contributed by atoms with Gasteiger partial charge in [0.25, 0.3) is 11.5 Å². The second-order valence-electron chi connectivity index (χ2n) is 7.93. The minimum atomic E-state index is -5.21.